The van der Waals surface area contributed by atoms with Gasteiger partial charge < -0.3 is 0 Å². The number of nitriles is 1. The molecule has 0 aliphatic carbocycles. The lowest BCUT2D eigenvalue weighted by Gasteiger charge is -1.85. The maximum atomic E-state index is 8.29. The fourth-order valence-electron chi connectivity index (χ4n) is 1.10. The first kappa shape index (κ1) is 11.7. The predicted molar refractivity (Wildman–Crippen MR) is 67.7 cm³/mol. The highest BCUT2D eigenvalue weighted by Crippen LogP contribution is 1.97. The fourth-order valence-corrected chi connectivity index (χ4v) is 1.10. The minimum absolute atomic E-state index is 0.715. The maximum Gasteiger partial charge on any atom is 0.0991 e. The largest absolute Gasteiger partial charge is 0.192 e. The molecule has 1 nitrogen and oxygen atoms in total. The third-order valence-electron chi connectivity index (χ3n) is 1.94. The first-order valence-electron chi connectivity index (χ1n) is 4.99. The quantitative estimate of drug-likeness (QED) is 0.696. The van der Waals surface area contributed by atoms with Crippen molar-refractivity contribution in [3.05, 3.63) is 78.4 Å². The minimum atomic E-state index is 0.715. The molecule has 16 heavy (non-hydrogen) atoms. The van der Waals surface area contributed by atoms with Gasteiger partial charge in [-0.15, -0.1) is 0 Å². The Labute approximate surface area is 96.3 Å². The van der Waals surface area contributed by atoms with Crippen LogP contribution in [0.2, 0.25) is 0 Å². The lowest BCUT2D eigenvalue weighted by atomic mass is 10.2. The summed E-state index contributed by atoms with van der Waals surface area (Å²) >= 11 is 0. The van der Waals surface area contributed by atoms with Gasteiger partial charge in [-0.3, -0.25) is 0 Å². The molecule has 0 atom stereocenters. The van der Waals surface area contributed by atoms with Crippen LogP contribution in [0.3, 0.4) is 0 Å². The summed E-state index contributed by atoms with van der Waals surface area (Å²) in [5, 5.41) is 8.29. The van der Waals surface area contributed by atoms with E-state index >= 15 is 0 Å². The SMILES string of the molecule is C=Cc1ccccc1.N#Cc1ccccc1. The highest BCUT2D eigenvalue weighted by Gasteiger charge is 1.79. The zero-order valence-electron chi connectivity index (χ0n) is 9.01. The molecule has 0 fully saturated rings. The molecule has 2 aromatic rings. The van der Waals surface area contributed by atoms with E-state index in [4.69, 9.17) is 5.26 Å². The summed E-state index contributed by atoms with van der Waals surface area (Å²) in [7, 11) is 0. The molecule has 0 aliphatic heterocycles. The second-order valence-corrected chi connectivity index (χ2v) is 3.09. The summed E-state index contributed by atoms with van der Waals surface area (Å²) in [6, 6.07) is 21.2. The Kier molecular flexibility index (Phi) is 5.16. The number of benzene rings is 2. The van der Waals surface area contributed by atoms with Crippen molar-refractivity contribution in [3.63, 3.8) is 0 Å². The number of hydrogen-bond donors (Lipinski definition) is 0. The summed E-state index contributed by atoms with van der Waals surface area (Å²) in [6.07, 6.45) is 1.83. The predicted octanol–water partition coefficient (Wildman–Crippen LogP) is 3.89. The highest BCUT2D eigenvalue weighted by atomic mass is 14.2. The average molecular weight is 207 g/mol. The van der Waals surface area contributed by atoms with Crippen LogP contribution in [0.25, 0.3) is 6.08 Å². The van der Waals surface area contributed by atoms with Gasteiger partial charge in [-0.05, 0) is 17.7 Å². The second-order valence-electron chi connectivity index (χ2n) is 3.09. The number of nitrogens with zero attached hydrogens (tertiary/aromatic N) is 1. The molecular formula is C15H13N. The van der Waals surface area contributed by atoms with Gasteiger partial charge in [0, 0.05) is 0 Å². The Bertz CT molecular complexity index is 452. The lowest BCUT2D eigenvalue weighted by Crippen LogP contribution is -1.66. The van der Waals surface area contributed by atoms with E-state index in [0.29, 0.717) is 5.56 Å². The average Bonchev–Trinajstić information content (AvgIpc) is 2.41. The van der Waals surface area contributed by atoms with Gasteiger partial charge in [0.1, 0.15) is 0 Å². The van der Waals surface area contributed by atoms with E-state index in [1.807, 2.05) is 60.7 Å². The van der Waals surface area contributed by atoms with Gasteiger partial charge in [-0.1, -0.05) is 61.2 Å². The van der Waals surface area contributed by atoms with E-state index in [2.05, 4.69) is 6.58 Å². The molecule has 0 saturated heterocycles. The Morgan fingerprint density at radius 1 is 0.875 bits per heavy atom. The van der Waals surface area contributed by atoms with Crippen molar-refractivity contribution in [3.8, 4) is 6.07 Å². The molecule has 78 valence electrons. The van der Waals surface area contributed by atoms with E-state index in [0.717, 1.165) is 0 Å². The van der Waals surface area contributed by atoms with Crippen LogP contribution >= 0.6 is 0 Å². The van der Waals surface area contributed by atoms with Crippen LogP contribution in [0.5, 0.6) is 0 Å². The molecule has 0 heterocycles. The van der Waals surface area contributed by atoms with Gasteiger partial charge in [0.05, 0.1) is 11.6 Å². The van der Waals surface area contributed by atoms with Gasteiger partial charge in [-0.25, -0.2) is 0 Å². The smallest absolute Gasteiger partial charge is 0.0991 e. The molecule has 0 aliphatic rings. The van der Waals surface area contributed by atoms with Crippen molar-refractivity contribution >= 4 is 6.08 Å². The summed E-state index contributed by atoms with van der Waals surface area (Å²) in [5.74, 6) is 0. The zero-order valence-corrected chi connectivity index (χ0v) is 9.01. The van der Waals surface area contributed by atoms with Crippen molar-refractivity contribution in [2.45, 2.75) is 0 Å². The monoisotopic (exact) mass is 207 g/mol. The summed E-state index contributed by atoms with van der Waals surface area (Å²) in [4.78, 5) is 0. The molecule has 1 heteroatoms. The topological polar surface area (TPSA) is 23.8 Å². The molecule has 0 spiro atoms. The second kappa shape index (κ2) is 7.03. The standard InChI is InChI=1S/C8H8.C7H5N/c1-2-8-6-4-3-5-7-8;8-6-7-4-2-1-3-5-7/h2-7H,1H2;1-5H. The van der Waals surface area contributed by atoms with Crippen LogP contribution < -0.4 is 0 Å². The van der Waals surface area contributed by atoms with E-state index in [1.54, 1.807) is 12.1 Å². The van der Waals surface area contributed by atoms with Gasteiger partial charge in [0.25, 0.3) is 0 Å². The van der Waals surface area contributed by atoms with Crippen LogP contribution in [0, 0.1) is 11.3 Å². The first-order valence-corrected chi connectivity index (χ1v) is 4.99. The molecular weight excluding hydrogens is 194 g/mol. The van der Waals surface area contributed by atoms with Crippen molar-refractivity contribution in [1.82, 2.24) is 0 Å². The Hall–Kier alpha value is -2.33. The van der Waals surface area contributed by atoms with Crippen LogP contribution in [-0.2, 0) is 0 Å². The highest BCUT2D eigenvalue weighted by molar-refractivity contribution is 5.45. The third kappa shape index (κ3) is 4.26. The maximum absolute atomic E-state index is 8.29. The van der Waals surface area contributed by atoms with Gasteiger partial charge >= 0.3 is 0 Å². The Morgan fingerprint density at radius 3 is 1.69 bits per heavy atom. The molecule has 0 aromatic heterocycles. The molecule has 0 unspecified atom stereocenters. The zero-order chi connectivity index (χ0) is 11.6. The van der Waals surface area contributed by atoms with Crippen molar-refractivity contribution in [1.29, 1.82) is 5.26 Å². The molecule has 0 bridgehead atoms. The lowest BCUT2D eigenvalue weighted by molar-refractivity contribution is 1.49. The van der Waals surface area contributed by atoms with Crippen molar-refractivity contribution in [2.75, 3.05) is 0 Å². The van der Waals surface area contributed by atoms with Crippen LogP contribution in [0.1, 0.15) is 11.1 Å². The molecule has 0 N–H and O–H groups in total. The Balaban J connectivity index is 0.000000160. The van der Waals surface area contributed by atoms with Crippen LogP contribution in [0.4, 0.5) is 0 Å². The van der Waals surface area contributed by atoms with Gasteiger partial charge in [0.15, 0.2) is 0 Å². The fraction of sp³-hybridized carbons (Fsp3) is 0. The van der Waals surface area contributed by atoms with E-state index < -0.39 is 0 Å². The van der Waals surface area contributed by atoms with E-state index in [-0.39, 0.29) is 0 Å². The first-order chi connectivity index (χ1) is 7.86. The van der Waals surface area contributed by atoms with Crippen LogP contribution in [0.15, 0.2) is 67.2 Å². The third-order valence-corrected chi connectivity index (χ3v) is 1.94. The molecule has 2 rings (SSSR count). The van der Waals surface area contributed by atoms with E-state index in [1.165, 1.54) is 5.56 Å². The van der Waals surface area contributed by atoms with E-state index in [9.17, 15) is 0 Å². The molecule has 0 saturated carbocycles. The van der Waals surface area contributed by atoms with Crippen LogP contribution in [-0.4, -0.2) is 0 Å². The number of hydrogen-bond acceptors (Lipinski definition) is 1. The van der Waals surface area contributed by atoms with Crippen molar-refractivity contribution in [2.24, 2.45) is 0 Å². The number of rotatable bonds is 1. The summed E-state index contributed by atoms with van der Waals surface area (Å²) in [5.41, 5.74) is 1.89. The summed E-state index contributed by atoms with van der Waals surface area (Å²) < 4.78 is 0. The van der Waals surface area contributed by atoms with Gasteiger partial charge in [0.2, 0.25) is 0 Å². The molecule has 2 aromatic carbocycles. The normalized spacial score (nSPS) is 8.19. The minimum Gasteiger partial charge on any atom is -0.192 e. The van der Waals surface area contributed by atoms with Gasteiger partial charge in [-0.2, -0.15) is 5.26 Å². The summed E-state index contributed by atoms with van der Waals surface area (Å²) in [6.45, 7) is 3.63. The molecule has 0 radical (unpaired) electrons. The molecule has 0 amide bonds. The van der Waals surface area contributed by atoms with Crippen molar-refractivity contribution < 1.29 is 0 Å². The Morgan fingerprint density at radius 2 is 1.38 bits per heavy atom.